The molecule has 2 unspecified atom stereocenters. The summed E-state index contributed by atoms with van der Waals surface area (Å²) in [6.07, 6.45) is 1.67. The normalized spacial score (nSPS) is 16.2. The molecule has 0 spiro atoms. The number of nitrogens with zero attached hydrogens (tertiary/aromatic N) is 3. The van der Waals surface area contributed by atoms with Crippen LogP contribution in [0.2, 0.25) is 0 Å². The summed E-state index contributed by atoms with van der Waals surface area (Å²) in [6.45, 7) is 4.81. The van der Waals surface area contributed by atoms with Crippen molar-refractivity contribution in [3.05, 3.63) is 59.7 Å². The van der Waals surface area contributed by atoms with E-state index in [1.807, 2.05) is 13.8 Å². The lowest BCUT2D eigenvalue weighted by atomic mass is 9.90. The van der Waals surface area contributed by atoms with Gasteiger partial charge >= 0.3 is 5.97 Å². The smallest absolute Gasteiger partial charge is 0.303 e. The van der Waals surface area contributed by atoms with Crippen LogP contribution >= 0.6 is 0 Å². The van der Waals surface area contributed by atoms with Gasteiger partial charge in [0, 0.05) is 31.4 Å². The second-order valence-corrected chi connectivity index (χ2v) is 10.3. The van der Waals surface area contributed by atoms with E-state index in [2.05, 4.69) is 4.98 Å². The largest absolute Gasteiger partial charge is 0.495 e. The van der Waals surface area contributed by atoms with Crippen LogP contribution in [0.4, 0.5) is 0 Å². The Balaban J connectivity index is 1.73. The number of pyridine rings is 1. The molecule has 4 rings (SSSR count). The number of furan rings is 1. The fraction of sp³-hybridized carbons (Fsp3) is 0.414. The van der Waals surface area contributed by atoms with Gasteiger partial charge in [0.05, 0.1) is 36.5 Å². The number of benzene rings is 1. The van der Waals surface area contributed by atoms with E-state index in [9.17, 15) is 24.3 Å². The van der Waals surface area contributed by atoms with E-state index >= 15 is 0 Å². The number of primary amides is 1. The zero-order valence-corrected chi connectivity index (χ0v) is 22.8. The van der Waals surface area contributed by atoms with Crippen molar-refractivity contribution in [3.8, 4) is 5.75 Å². The molecule has 212 valence electrons. The average Bonchev–Trinajstić information content (AvgIpc) is 3.46. The number of carboxylic acids is 1. The Morgan fingerprint density at radius 3 is 2.52 bits per heavy atom. The van der Waals surface area contributed by atoms with Crippen LogP contribution in [0, 0.1) is 5.92 Å². The van der Waals surface area contributed by atoms with E-state index in [1.54, 1.807) is 46.2 Å². The number of nitrogens with two attached hydrogens (primary N) is 1. The highest BCUT2D eigenvalue weighted by molar-refractivity contribution is 6.04. The third kappa shape index (κ3) is 5.93. The molecule has 1 aliphatic heterocycles. The lowest BCUT2D eigenvalue weighted by Gasteiger charge is -2.43. The molecule has 3 amide bonds. The summed E-state index contributed by atoms with van der Waals surface area (Å²) in [5.74, 6) is -2.96. The molecule has 3 N–H and O–H groups in total. The Labute approximate surface area is 231 Å². The average molecular weight is 551 g/mol. The summed E-state index contributed by atoms with van der Waals surface area (Å²) in [5.41, 5.74) is 6.30. The number of carbonyl (C=O) groups excluding carboxylic acids is 3. The molecule has 2 aromatic heterocycles. The molecule has 3 heterocycles. The molecule has 11 heteroatoms. The van der Waals surface area contributed by atoms with E-state index in [4.69, 9.17) is 14.9 Å². The first-order valence-corrected chi connectivity index (χ1v) is 13.2. The summed E-state index contributed by atoms with van der Waals surface area (Å²) in [6, 6.07) is 9.96. The van der Waals surface area contributed by atoms with E-state index in [0.29, 0.717) is 17.3 Å². The first-order valence-electron chi connectivity index (χ1n) is 13.2. The van der Waals surface area contributed by atoms with Crippen molar-refractivity contribution in [2.45, 2.75) is 45.1 Å². The van der Waals surface area contributed by atoms with Crippen LogP contribution in [0.15, 0.2) is 47.1 Å². The van der Waals surface area contributed by atoms with Crippen molar-refractivity contribution < 1.29 is 33.4 Å². The maximum Gasteiger partial charge on any atom is 0.303 e. The minimum atomic E-state index is -1.09. The first-order chi connectivity index (χ1) is 19.1. The molecule has 0 radical (unpaired) electrons. The number of para-hydroxylation sites is 1. The quantitative estimate of drug-likeness (QED) is 0.389. The number of aliphatic carboxylic acids is 1. The number of fused-ring (bicyclic) bond motifs is 1. The van der Waals surface area contributed by atoms with Gasteiger partial charge in [-0.05, 0) is 43.0 Å². The molecule has 3 aromatic rings. The highest BCUT2D eigenvalue weighted by Gasteiger charge is 2.38. The lowest BCUT2D eigenvalue weighted by Crippen LogP contribution is -2.57. The molecule has 1 aromatic carbocycles. The third-order valence-electron chi connectivity index (χ3n) is 7.13. The fourth-order valence-electron chi connectivity index (χ4n) is 5.38. The van der Waals surface area contributed by atoms with Gasteiger partial charge in [-0.3, -0.25) is 24.2 Å². The van der Waals surface area contributed by atoms with Gasteiger partial charge < -0.3 is 29.8 Å². The topological polar surface area (TPSA) is 156 Å². The standard InChI is InChI=1S/C29H34N4O7/c1-17(2)15-18-16-32(12-13-33(18)29(38)22-9-6-14-40-22)28(37)20(10-11-23(34)35)25-24(27(30)36)26(39-3)19-7-4-5-8-21(19)31-25/h4-9,14,17-18,20H,10-13,15-16H2,1-3H3,(H2,30,36)(H,34,35). The number of amides is 3. The fourth-order valence-corrected chi connectivity index (χ4v) is 5.38. The number of carbonyl (C=O) groups is 4. The molecule has 0 bridgehead atoms. The van der Waals surface area contributed by atoms with Gasteiger partial charge in [-0.2, -0.15) is 0 Å². The number of methoxy groups -OCH3 is 1. The monoisotopic (exact) mass is 550 g/mol. The Morgan fingerprint density at radius 2 is 1.90 bits per heavy atom. The van der Waals surface area contributed by atoms with E-state index in [1.165, 1.54) is 13.4 Å². The Bertz CT molecular complexity index is 1400. The Morgan fingerprint density at radius 1 is 1.15 bits per heavy atom. The highest BCUT2D eigenvalue weighted by atomic mass is 16.5. The Hall–Kier alpha value is -4.41. The van der Waals surface area contributed by atoms with Gasteiger partial charge in [-0.15, -0.1) is 0 Å². The zero-order chi connectivity index (χ0) is 29.0. The number of carboxylic acid groups (broad SMARTS) is 1. The molecular weight excluding hydrogens is 516 g/mol. The summed E-state index contributed by atoms with van der Waals surface area (Å²) < 4.78 is 10.9. The molecular formula is C29H34N4O7. The Kier molecular flexibility index (Phi) is 8.71. The second-order valence-electron chi connectivity index (χ2n) is 10.3. The molecule has 1 aliphatic rings. The number of aromatic nitrogens is 1. The predicted molar refractivity (Wildman–Crippen MR) is 146 cm³/mol. The van der Waals surface area contributed by atoms with Gasteiger partial charge in [-0.25, -0.2) is 0 Å². The van der Waals surface area contributed by atoms with Crippen molar-refractivity contribution in [2.24, 2.45) is 11.7 Å². The summed E-state index contributed by atoms with van der Waals surface area (Å²) in [5, 5.41) is 10.0. The number of hydrogen-bond acceptors (Lipinski definition) is 7. The van der Waals surface area contributed by atoms with Crippen LogP contribution in [-0.4, -0.2) is 76.4 Å². The number of hydrogen-bond donors (Lipinski definition) is 2. The summed E-state index contributed by atoms with van der Waals surface area (Å²) in [4.78, 5) is 59.6. The summed E-state index contributed by atoms with van der Waals surface area (Å²) >= 11 is 0. The molecule has 1 fully saturated rings. The van der Waals surface area contributed by atoms with E-state index in [-0.39, 0.29) is 79.0 Å². The van der Waals surface area contributed by atoms with E-state index in [0.717, 1.165) is 0 Å². The maximum absolute atomic E-state index is 14.1. The lowest BCUT2D eigenvalue weighted by molar-refractivity contribution is -0.138. The van der Waals surface area contributed by atoms with Crippen molar-refractivity contribution in [3.63, 3.8) is 0 Å². The van der Waals surface area contributed by atoms with Gasteiger partial charge in [0.2, 0.25) is 5.91 Å². The number of piperazine rings is 1. The predicted octanol–water partition coefficient (Wildman–Crippen LogP) is 3.28. The number of rotatable bonds is 10. The summed E-state index contributed by atoms with van der Waals surface area (Å²) in [7, 11) is 1.40. The third-order valence-corrected chi connectivity index (χ3v) is 7.13. The molecule has 11 nitrogen and oxygen atoms in total. The second kappa shape index (κ2) is 12.2. The maximum atomic E-state index is 14.1. The molecule has 40 heavy (non-hydrogen) atoms. The van der Waals surface area contributed by atoms with Crippen LogP contribution in [0.25, 0.3) is 10.9 Å². The molecule has 1 saturated heterocycles. The van der Waals surface area contributed by atoms with Gasteiger partial charge in [0.15, 0.2) is 5.76 Å². The minimum Gasteiger partial charge on any atom is -0.495 e. The molecule has 2 atom stereocenters. The minimum absolute atomic E-state index is 0.0460. The van der Waals surface area contributed by atoms with Crippen molar-refractivity contribution in [1.29, 1.82) is 0 Å². The van der Waals surface area contributed by atoms with Crippen molar-refractivity contribution in [2.75, 3.05) is 26.7 Å². The van der Waals surface area contributed by atoms with Crippen molar-refractivity contribution in [1.82, 2.24) is 14.8 Å². The first kappa shape index (κ1) is 28.6. The van der Waals surface area contributed by atoms with Crippen LogP contribution in [0.5, 0.6) is 5.75 Å². The van der Waals surface area contributed by atoms with Gasteiger partial charge in [-0.1, -0.05) is 26.0 Å². The van der Waals surface area contributed by atoms with Crippen molar-refractivity contribution >= 4 is 34.6 Å². The van der Waals surface area contributed by atoms with Crippen LogP contribution in [0.3, 0.4) is 0 Å². The molecule has 0 saturated carbocycles. The SMILES string of the molecule is COc1c(C(N)=O)c(C(CCC(=O)O)C(=O)N2CCN(C(=O)c3ccco3)C(CC(C)C)C2)nc2ccccc12. The van der Waals surface area contributed by atoms with Crippen LogP contribution in [-0.2, 0) is 9.59 Å². The molecule has 0 aliphatic carbocycles. The number of ether oxygens (including phenoxy) is 1. The van der Waals surface area contributed by atoms with Gasteiger partial charge in [0.1, 0.15) is 11.3 Å². The zero-order valence-electron chi connectivity index (χ0n) is 22.8. The van der Waals surface area contributed by atoms with Gasteiger partial charge in [0.25, 0.3) is 11.8 Å². The van der Waals surface area contributed by atoms with E-state index < -0.39 is 17.8 Å². The van der Waals surface area contributed by atoms with Crippen LogP contribution in [0.1, 0.15) is 65.6 Å². The highest BCUT2D eigenvalue weighted by Crippen LogP contribution is 2.36. The van der Waals surface area contributed by atoms with Crippen LogP contribution < -0.4 is 10.5 Å².